The molecule has 3 amide bonds. The number of carbonyl (C=O) groups is 2. The van der Waals surface area contributed by atoms with Gasteiger partial charge in [0, 0.05) is 30.9 Å². The smallest absolute Gasteiger partial charge is 0.321 e. The zero-order valence-corrected chi connectivity index (χ0v) is 25.8. The lowest BCUT2D eigenvalue weighted by Crippen LogP contribution is -2.50. The van der Waals surface area contributed by atoms with Crippen molar-refractivity contribution in [1.82, 2.24) is 15.0 Å². The average Bonchev–Trinajstić information content (AvgIpc) is 3.33. The van der Waals surface area contributed by atoms with Gasteiger partial charge in [-0.15, -0.1) is 0 Å². The highest BCUT2D eigenvalue weighted by Gasteiger charge is 2.34. The number of fused-ring (bicyclic) bond motifs is 1. The summed E-state index contributed by atoms with van der Waals surface area (Å²) in [6.07, 6.45) is -0.545. The first-order valence-corrected chi connectivity index (χ1v) is 15.2. The third kappa shape index (κ3) is 7.03. The predicted molar refractivity (Wildman–Crippen MR) is 159 cm³/mol. The number of benzene rings is 2. The summed E-state index contributed by atoms with van der Waals surface area (Å²) in [5.74, 6) is 0.361. The lowest BCUT2D eigenvalue weighted by Gasteiger charge is -2.38. The van der Waals surface area contributed by atoms with Crippen LogP contribution in [0.1, 0.15) is 35.7 Å². The van der Waals surface area contributed by atoms with Crippen LogP contribution in [0.4, 0.5) is 16.2 Å². The number of amides is 3. The first kappa shape index (κ1) is 31.6. The van der Waals surface area contributed by atoms with Crippen LogP contribution in [-0.4, -0.2) is 86.4 Å². The van der Waals surface area contributed by atoms with Gasteiger partial charge in [0.2, 0.25) is 0 Å². The fourth-order valence-electron chi connectivity index (χ4n) is 4.81. The number of aliphatic hydroxyl groups excluding tert-OH is 1. The molecule has 1 aliphatic heterocycles. The number of rotatable bonds is 9. The Morgan fingerprint density at radius 3 is 2.49 bits per heavy atom. The molecule has 0 fully saturated rings. The van der Waals surface area contributed by atoms with Crippen LogP contribution >= 0.6 is 0 Å². The standard InChI is InChI=1S/C29H37N5O8S/c1-17-14-34(18(2)16-35)28(36)24-13-22(32-43(38,39)27-19(3)31-42-20(27)4)9-12-25(24)41-26(17)15-33(5)29(37)30-21-7-10-23(40-6)11-8-21/h7-13,17-18,26,32,35H,14-16H2,1-6H3,(H,30,37)/t17-,18-,26-/m1/s1. The summed E-state index contributed by atoms with van der Waals surface area (Å²) in [5.41, 5.74) is 1.04. The highest BCUT2D eigenvalue weighted by Crippen LogP contribution is 2.32. The van der Waals surface area contributed by atoms with E-state index in [1.807, 2.05) is 6.92 Å². The molecule has 1 aliphatic rings. The molecule has 0 radical (unpaired) electrons. The third-order valence-electron chi connectivity index (χ3n) is 7.30. The molecule has 14 heteroatoms. The molecule has 13 nitrogen and oxygen atoms in total. The van der Waals surface area contributed by atoms with E-state index in [4.69, 9.17) is 14.0 Å². The molecule has 43 heavy (non-hydrogen) atoms. The average molecular weight is 616 g/mol. The van der Waals surface area contributed by atoms with Crippen LogP contribution < -0.4 is 19.5 Å². The zero-order valence-electron chi connectivity index (χ0n) is 24.9. The highest BCUT2D eigenvalue weighted by molar-refractivity contribution is 7.92. The number of likely N-dealkylation sites (N-methyl/N-ethyl adjacent to an activating group) is 1. The quantitative estimate of drug-likeness (QED) is 0.327. The van der Waals surface area contributed by atoms with Gasteiger partial charge >= 0.3 is 6.03 Å². The maximum Gasteiger partial charge on any atom is 0.321 e. The molecule has 3 atom stereocenters. The van der Waals surface area contributed by atoms with Crippen LogP contribution in [-0.2, 0) is 10.0 Å². The second-order valence-corrected chi connectivity index (χ2v) is 12.3. The Hall–Kier alpha value is -4.30. The monoisotopic (exact) mass is 615 g/mol. The molecule has 232 valence electrons. The molecule has 0 saturated heterocycles. The summed E-state index contributed by atoms with van der Waals surface area (Å²) in [6, 6.07) is 10.5. The van der Waals surface area contributed by atoms with Crippen LogP contribution in [0.2, 0.25) is 0 Å². The summed E-state index contributed by atoms with van der Waals surface area (Å²) in [5, 5.41) is 16.5. The zero-order chi connectivity index (χ0) is 31.5. The van der Waals surface area contributed by atoms with Crippen LogP contribution in [0.3, 0.4) is 0 Å². The molecular formula is C29H37N5O8S. The number of sulfonamides is 1. The first-order chi connectivity index (χ1) is 20.3. The van der Waals surface area contributed by atoms with Crippen molar-refractivity contribution < 1.29 is 37.1 Å². The molecule has 0 spiro atoms. The van der Waals surface area contributed by atoms with E-state index in [0.29, 0.717) is 11.4 Å². The van der Waals surface area contributed by atoms with E-state index in [1.165, 1.54) is 41.8 Å². The van der Waals surface area contributed by atoms with Crippen molar-refractivity contribution in [3.05, 3.63) is 59.5 Å². The number of hydrogen-bond acceptors (Lipinski definition) is 9. The summed E-state index contributed by atoms with van der Waals surface area (Å²) >= 11 is 0. The van der Waals surface area contributed by atoms with E-state index >= 15 is 0 Å². The Kier molecular flexibility index (Phi) is 9.50. The van der Waals surface area contributed by atoms with E-state index in [0.717, 1.165) is 0 Å². The van der Waals surface area contributed by atoms with Crippen molar-refractivity contribution in [3.8, 4) is 11.5 Å². The Morgan fingerprint density at radius 2 is 1.88 bits per heavy atom. The highest BCUT2D eigenvalue weighted by atomic mass is 32.2. The fourth-order valence-corrected chi connectivity index (χ4v) is 6.20. The first-order valence-electron chi connectivity index (χ1n) is 13.7. The second kappa shape index (κ2) is 12.9. The van der Waals surface area contributed by atoms with Gasteiger partial charge in [0.15, 0.2) is 10.7 Å². The van der Waals surface area contributed by atoms with Crippen molar-refractivity contribution >= 4 is 33.3 Å². The molecule has 4 rings (SSSR count). The van der Waals surface area contributed by atoms with Gasteiger partial charge in [-0.05, 0) is 63.2 Å². The van der Waals surface area contributed by atoms with E-state index in [-0.39, 0.29) is 65.0 Å². The normalized spacial score (nSPS) is 17.7. The van der Waals surface area contributed by atoms with Crippen molar-refractivity contribution in [3.63, 3.8) is 0 Å². The maximum atomic E-state index is 13.7. The number of anilines is 2. The molecule has 3 N–H and O–H groups in total. The molecule has 0 bridgehead atoms. The van der Waals surface area contributed by atoms with Crippen molar-refractivity contribution in [2.24, 2.45) is 5.92 Å². The maximum absolute atomic E-state index is 13.7. The minimum atomic E-state index is -4.07. The van der Waals surface area contributed by atoms with Gasteiger partial charge in [0.05, 0.1) is 31.9 Å². The SMILES string of the molecule is COc1ccc(NC(=O)N(C)C[C@H]2Oc3ccc(NS(=O)(=O)c4c(C)noc4C)cc3C(=O)N([C@H](C)CO)C[C@H]2C)cc1. The Bertz CT molecular complexity index is 1550. The molecule has 3 aromatic rings. The number of carbonyl (C=O) groups excluding carboxylic acids is 2. The van der Waals surface area contributed by atoms with Crippen molar-refractivity contribution in [2.45, 2.75) is 44.7 Å². The molecule has 1 aromatic heterocycles. The third-order valence-corrected chi connectivity index (χ3v) is 8.92. The molecule has 0 aliphatic carbocycles. The Morgan fingerprint density at radius 1 is 1.21 bits per heavy atom. The van der Waals surface area contributed by atoms with Crippen LogP contribution in [0, 0.1) is 19.8 Å². The van der Waals surface area contributed by atoms with Gasteiger partial charge in [-0.2, -0.15) is 0 Å². The van der Waals surface area contributed by atoms with E-state index in [9.17, 15) is 23.1 Å². The number of aryl methyl sites for hydroxylation is 2. The van der Waals surface area contributed by atoms with E-state index < -0.39 is 28.1 Å². The number of nitrogens with one attached hydrogen (secondary N) is 2. The van der Waals surface area contributed by atoms with Crippen molar-refractivity contribution in [2.75, 3.05) is 43.9 Å². The lowest BCUT2D eigenvalue weighted by atomic mass is 9.99. The summed E-state index contributed by atoms with van der Waals surface area (Å²) in [7, 11) is -0.871. The van der Waals surface area contributed by atoms with Gasteiger partial charge in [0.1, 0.15) is 23.3 Å². The number of aliphatic hydroxyl groups is 1. The number of nitrogens with zero attached hydrogens (tertiary/aromatic N) is 3. The van der Waals surface area contributed by atoms with Crippen LogP contribution in [0.25, 0.3) is 0 Å². The molecule has 2 aromatic carbocycles. The number of methoxy groups -OCH3 is 1. The second-order valence-electron chi connectivity index (χ2n) is 10.6. The number of ether oxygens (including phenoxy) is 2. The predicted octanol–water partition coefficient (Wildman–Crippen LogP) is 3.48. The van der Waals surface area contributed by atoms with Gasteiger partial charge in [-0.3, -0.25) is 9.52 Å². The van der Waals surface area contributed by atoms with Gasteiger partial charge in [0.25, 0.3) is 15.9 Å². The molecule has 2 heterocycles. The van der Waals surface area contributed by atoms with E-state index in [2.05, 4.69) is 15.2 Å². The van der Waals surface area contributed by atoms with Crippen molar-refractivity contribution in [1.29, 1.82) is 0 Å². The van der Waals surface area contributed by atoms with Gasteiger partial charge in [-0.25, -0.2) is 13.2 Å². The lowest BCUT2D eigenvalue weighted by molar-refractivity contribution is 0.0371. The minimum absolute atomic E-state index is 0.0813. The number of aromatic nitrogens is 1. The van der Waals surface area contributed by atoms with Gasteiger partial charge < -0.3 is 34.2 Å². The molecular weight excluding hydrogens is 578 g/mol. The minimum Gasteiger partial charge on any atom is -0.497 e. The van der Waals surface area contributed by atoms with Crippen LogP contribution in [0.15, 0.2) is 51.9 Å². The summed E-state index contributed by atoms with van der Waals surface area (Å²) in [4.78, 5) is 29.7. The Labute approximate surface area is 250 Å². The van der Waals surface area contributed by atoms with Gasteiger partial charge in [-0.1, -0.05) is 12.1 Å². The topological polar surface area (TPSA) is 164 Å². The fraction of sp³-hybridized carbons (Fsp3) is 0.414. The molecule has 0 unspecified atom stereocenters. The Balaban J connectivity index is 1.61. The van der Waals surface area contributed by atoms with E-state index in [1.54, 1.807) is 45.3 Å². The number of hydrogen-bond donors (Lipinski definition) is 3. The van der Waals surface area contributed by atoms with Crippen LogP contribution in [0.5, 0.6) is 11.5 Å². The summed E-state index contributed by atoms with van der Waals surface area (Å²) in [6.45, 7) is 6.78. The number of urea groups is 1. The summed E-state index contributed by atoms with van der Waals surface area (Å²) < 4.78 is 45.2. The molecule has 0 saturated carbocycles. The largest absolute Gasteiger partial charge is 0.497 e.